The minimum absolute atomic E-state index is 0.550. The number of hydrogen-bond acceptors (Lipinski definition) is 1. The van der Waals surface area contributed by atoms with Gasteiger partial charge < -0.3 is 10.6 Å². The van der Waals surface area contributed by atoms with Gasteiger partial charge in [-0.1, -0.05) is 50.1 Å². The van der Waals surface area contributed by atoms with E-state index in [4.69, 9.17) is 12.2 Å². The lowest BCUT2D eigenvalue weighted by Gasteiger charge is -2.30. The summed E-state index contributed by atoms with van der Waals surface area (Å²) in [7, 11) is 0. The highest BCUT2D eigenvalue weighted by Gasteiger charge is 2.21. The van der Waals surface area contributed by atoms with Gasteiger partial charge >= 0.3 is 0 Å². The van der Waals surface area contributed by atoms with Crippen LogP contribution in [0.2, 0.25) is 0 Å². The van der Waals surface area contributed by atoms with Crippen LogP contribution in [-0.2, 0) is 6.54 Å². The van der Waals surface area contributed by atoms with Crippen molar-refractivity contribution in [2.24, 2.45) is 5.92 Å². The van der Waals surface area contributed by atoms with Crippen molar-refractivity contribution in [3.63, 3.8) is 0 Å². The lowest BCUT2D eigenvalue weighted by atomic mass is 9.86. The van der Waals surface area contributed by atoms with Crippen molar-refractivity contribution >= 4 is 17.3 Å². The Morgan fingerprint density at radius 2 is 1.94 bits per heavy atom. The van der Waals surface area contributed by atoms with Gasteiger partial charge in [0.2, 0.25) is 0 Å². The van der Waals surface area contributed by atoms with Crippen LogP contribution >= 0.6 is 12.2 Å². The molecule has 18 heavy (non-hydrogen) atoms. The summed E-state index contributed by atoms with van der Waals surface area (Å²) in [6, 6.07) is 10.9. The van der Waals surface area contributed by atoms with E-state index in [0.717, 1.165) is 17.6 Å². The van der Waals surface area contributed by atoms with E-state index in [9.17, 15) is 0 Å². The van der Waals surface area contributed by atoms with Crippen molar-refractivity contribution in [1.29, 1.82) is 0 Å². The van der Waals surface area contributed by atoms with Crippen LogP contribution in [0, 0.1) is 5.92 Å². The van der Waals surface area contributed by atoms with Gasteiger partial charge in [-0.3, -0.25) is 0 Å². The minimum Gasteiger partial charge on any atom is -0.360 e. The lowest BCUT2D eigenvalue weighted by molar-refractivity contribution is 0.308. The summed E-state index contributed by atoms with van der Waals surface area (Å²) in [4.78, 5) is 0. The molecule has 0 radical (unpaired) electrons. The largest absolute Gasteiger partial charge is 0.360 e. The Hall–Kier alpha value is -1.09. The van der Waals surface area contributed by atoms with Gasteiger partial charge in [0.1, 0.15) is 0 Å². The van der Waals surface area contributed by atoms with E-state index in [-0.39, 0.29) is 0 Å². The van der Waals surface area contributed by atoms with Crippen LogP contribution < -0.4 is 10.6 Å². The molecule has 0 heterocycles. The SMILES string of the molecule is C[C@H]1CCCC[C@H]1NC(=S)NCc1ccccc1. The normalized spacial score (nSPS) is 23.4. The quantitative estimate of drug-likeness (QED) is 0.818. The van der Waals surface area contributed by atoms with Crippen LogP contribution in [0.4, 0.5) is 0 Å². The number of hydrogen-bond donors (Lipinski definition) is 2. The lowest BCUT2D eigenvalue weighted by Crippen LogP contribution is -2.45. The van der Waals surface area contributed by atoms with Crippen LogP contribution in [0.3, 0.4) is 0 Å². The Morgan fingerprint density at radius 3 is 2.67 bits per heavy atom. The first kappa shape index (κ1) is 13.3. The first-order valence-corrected chi connectivity index (χ1v) is 7.25. The van der Waals surface area contributed by atoms with Crippen molar-refractivity contribution in [3.05, 3.63) is 35.9 Å². The van der Waals surface area contributed by atoms with E-state index in [2.05, 4.69) is 41.8 Å². The number of benzene rings is 1. The van der Waals surface area contributed by atoms with E-state index in [1.54, 1.807) is 0 Å². The Bertz CT molecular complexity index is 377. The summed E-state index contributed by atoms with van der Waals surface area (Å²) in [6.45, 7) is 3.12. The van der Waals surface area contributed by atoms with E-state index in [1.165, 1.54) is 31.2 Å². The molecule has 3 heteroatoms. The second-order valence-corrected chi connectivity index (χ2v) is 5.59. The van der Waals surface area contributed by atoms with Crippen LogP contribution in [-0.4, -0.2) is 11.2 Å². The average molecular weight is 262 g/mol. The summed E-state index contributed by atoms with van der Waals surface area (Å²) in [5.74, 6) is 0.732. The van der Waals surface area contributed by atoms with Crippen LogP contribution in [0.5, 0.6) is 0 Å². The molecule has 98 valence electrons. The third kappa shape index (κ3) is 3.98. The predicted octanol–water partition coefficient (Wildman–Crippen LogP) is 3.23. The molecule has 0 aromatic heterocycles. The summed E-state index contributed by atoms with van der Waals surface area (Å²) in [5, 5.41) is 7.54. The van der Waals surface area contributed by atoms with Crippen LogP contribution in [0.15, 0.2) is 30.3 Å². The Morgan fingerprint density at radius 1 is 1.22 bits per heavy atom. The molecule has 2 atom stereocenters. The first-order chi connectivity index (χ1) is 8.75. The molecule has 1 aliphatic carbocycles. The van der Waals surface area contributed by atoms with Crippen molar-refractivity contribution in [2.45, 2.75) is 45.2 Å². The van der Waals surface area contributed by atoms with Gasteiger partial charge in [-0.25, -0.2) is 0 Å². The molecule has 2 nitrogen and oxygen atoms in total. The minimum atomic E-state index is 0.550. The maximum Gasteiger partial charge on any atom is 0.166 e. The van der Waals surface area contributed by atoms with Crippen LogP contribution in [0.25, 0.3) is 0 Å². The summed E-state index contributed by atoms with van der Waals surface area (Å²) in [5.41, 5.74) is 1.26. The van der Waals surface area contributed by atoms with Gasteiger partial charge in [-0.05, 0) is 36.5 Å². The second-order valence-electron chi connectivity index (χ2n) is 5.18. The van der Waals surface area contributed by atoms with Crippen molar-refractivity contribution in [1.82, 2.24) is 10.6 Å². The zero-order valence-corrected chi connectivity index (χ0v) is 11.8. The second kappa shape index (κ2) is 6.74. The standard InChI is InChI=1S/C15H22N2S/c1-12-7-5-6-10-14(12)17-15(18)16-11-13-8-3-2-4-9-13/h2-4,8-9,12,14H,5-7,10-11H2,1H3,(H2,16,17,18)/t12-,14+/m0/s1. The number of thiocarbonyl (C=S) groups is 1. The fourth-order valence-electron chi connectivity index (χ4n) is 2.53. The Labute approximate surface area is 115 Å². The molecule has 0 bridgehead atoms. The van der Waals surface area contributed by atoms with Crippen molar-refractivity contribution < 1.29 is 0 Å². The van der Waals surface area contributed by atoms with E-state index in [0.29, 0.717) is 6.04 Å². The summed E-state index contributed by atoms with van der Waals surface area (Å²) >= 11 is 5.36. The molecular formula is C15H22N2S. The Balaban J connectivity index is 1.75. The molecule has 1 fully saturated rings. The third-order valence-corrected chi connectivity index (χ3v) is 3.99. The maximum atomic E-state index is 5.36. The third-order valence-electron chi connectivity index (χ3n) is 3.72. The van der Waals surface area contributed by atoms with E-state index < -0.39 is 0 Å². The molecule has 0 spiro atoms. The molecule has 0 amide bonds. The highest BCUT2D eigenvalue weighted by atomic mass is 32.1. The molecule has 0 aliphatic heterocycles. The fraction of sp³-hybridized carbons (Fsp3) is 0.533. The zero-order valence-electron chi connectivity index (χ0n) is 11.0. The molecule has 2 N–H and O–H groups in total. The molecule has 1 aromatic rings. The van der Waals surface area contributed by atoms with E-state index in [1.807, 2.05) is 6.07 Å². The molecule has 2 rings (SSSR count). The fourth-order valence-corrected chi connectivity index (χ4v) is 2.75. The van der Waals surface area contributed by atoms with Gasteiger partial charge in [0.05, 0.1) is 0 Å². The number of rotatable bonds is 3. The molecule has 1 aliphatic rings. The van der Waals surface area contributed by atoms with Gasteiger partial charge in [0.15, 0.2) is 5.11 Å². The molecule has 0 saturated heterocycles. The Kier molecular flexibility index (Phi) is 5.00. The predicted molar refractivity (Wildman–Crippen MR) is 80.4 cm³/mol. The molecule has 1 aromatic carbocycles. The topological polar surface area (TPSA) is 24.1 Å². The zero-order chi connectivity index (χ0) is 12.8. The van der Waals surface area contributed by atoms with Gasteiger partial charge in [-0.2, -0.15) is 0 Å². The summed E-state index contributed by atoms with van der Waals surface area (Å²) < 4.78 is 0. The summed E-state index contributed by atoms with van der Waals surface area (Å²) in [6.07, 6.45) is 5.25. The highest BCUT2D eigenvalue weighted by molar-refractivity contribution is 7.80. The van der Waals surface area contributed by atoms with Gasteiger partial charge in [-0.15, -0.1) is 0 Å². The smallest absolute Gasteiger partial charge is 0.166 e. The number of nitrogens with one attached hydrogen (secondary N) is 2. The van der Waals surface area contributed by atoms with Gasteiger partial charge in [0.25, 0.3) is 0 Å². The molecular weight excluding hydrogens is 240 g/mol. The monoisotopic (exact) mass is 262 g/mol. The maximum absolute atomic E-state index is 5.36. The average Bonchev–Trinajstić information content (AvgIpc) is 2.40. The highest BCUT2D eigenvalue weighted by Crippen LogP contribution is 2.23. The molecule has 0 unspecified atom stereocenters. The van der Waals surface area contributed by atoms with Crippen LogP contribution in [0.1, 0.15) is 38.2 Å². The van der Waals surface area contributed by atoms with Crippen molar-refractivity contribution in [2.75, 3.05) is 0 Å². The van der Waals surface area contributed by atoms with E-state index >= 15 is 0 Å². The van der Waals surface area contributed by atoms with Gasteiger partial charge in [0, 0.05) is 12.6 Å². The molecule has 1 saturated carbocycles. The first-order valence-electron chi connectivity index (χ1n) is 6.84. The van der Waals surface area contributed by atoms with Crippen molar-refractivity contribution in [3.8, 4) is 0 Å².